The Kier molecular flexibility index (Phi) is 10.9. The number of benzene rings is 2. The smallest absolute Gasteiger partial charge is 0.408 e. The number of thiol groups is 1. The van der Waals surface area contributed by atoms with E-state index < -0.39 is 35.2 Å². The van der Waals surface area contributed by atoms with E-state index in [2.05, 4.69) is 23.3 Å². The van der Waals surface area contributed by atoms with Crippen LogP contribution in [0.4, 0.5) is 10.5 Å². The van der Waals surface area contributed by atoms with E-state index in [0.717, 1.165) is 11.1 Å². The van der Waals surface area contributed by atoms with E-state index in [9.17, 15) is 14.4 Å². The molecule has 0 saturated carbocycles. The highest BCUT2D eigenvalue weighted by Crippen LogP contribution is 2.35. The fourth-order valence-electron chi connectivity index (χ4n) is 4.09. The molecule has 0 aliphatic carbocycles. The molecule has 3 amide bonds. The molecule has 0 aliphatic rings. The van der Waals surface area contributed by atoms with E-state index in [-0.39, 0.29) is 11.7 Å². The molecule has 9 heteroatoms. The number of amides is 3. The van der Waals surface area contributed by atoms with E-state index >= 15 is 0 Å². The van der Waals surface area contributed by atoms with Gasteiger partial charge in [-0.15, -0.1) is 0 Å². The molecule has 39 heavy (non-hydrogen) atoms. The molecule has 0 saturated heterocycles. The highest BCUT2D eigenvalue weighted by Gasteiger charge is 2.43. The molecule has 214 valence electrons. The van der Waals surface area contributed by atoms with Crippen LogP contribution in [0.1, 0.15) is 70.7 Å². The van der Waals surface area contributed by atoms with Crippen molar-refractivity contribution in [2.45, 2.75) is 85.0 Å². The summed E-state index contributed by atoms with van der Waals surface area (Å²) in [5.41, 5.74) is 1.59. The third-order valence-electron chi connectivity index (χ3n) is 6.52. The lowest BCUT2D eigenvalue weighted by Gasteiger charge is -2.45. The summed E-state index contributed by atoms with van der Waals surface area (Å²) in [6.07, 6.45) is -0.170. The predicted molar refractivity (Wildman–Crippen MR) is 159 cm³/mol. The number of anilines is 1. The van der Waals surface area contributed by atoms with Crippen molar-refractivity contribution >= 4 is 36.2 Å². The van der Waals surface area contributed by atoms with Gasteiger partial charge in [-0.05, 0) is 90.3 Å². The standard InChI is InChI=1S/C30H43N3O5S/c1-10-30(7,8)33(27(35)24(18-39)32-28(36)38-29(4,5)6)25(23-17-19(2)11-12-20(23)3)26(34)31-21-13-15-22(37-9)16-14-21/h11-17,24-25,39H,10,18H2,1-9H3,(H,31,34)(H,32,36). The first kappa shape index (κ1) is 32.0. The zero-order chi connectivity index (χ0) is 29.5. The van der Waals surface area contributed by atoms with Gasteiger partial charge in [-0.1, -0.05) is 30.7 Å². The molecule has 0 aromatic heterocycles. The van der Waals surface area contributed by atoms with Gasteiger partial charge in [-0.2, -0.15) is 12.6 Å². The summed E-state index contributed by atoms with van der Waals surface area (Å²) >= 11 is 4.37. The van der Waals surface area contributed by atoms with Crippen LogP contribution < -0.4 is 15.4 Å². The van der Waals surface area contributed by atoms with Gasteiger partial charge in [-0.3, -0.25) is 9.59 Å². The van der Waals surface area contributed by atoms with Gasteiger partial charge in [0.25, 0.3) is 5.91 Å². The van der Waals surface area contributed by atoms with E-state index in [0.29, 0.717) is 23.4 Å². The molecular formula is C30H43N3O5S. The maximum atomic E-state index is 14.2. The molecule has 2 aromatic rings. The van der Waals surface area contributed by atoms with Crippen LogP contribution in [0.25, 0.3) is 0 Å². The van der Waals surface area contributed by atoms with Crippen LogP contribution in [0.2, 0.25) is 0 Å². The Morgan fingerprint density at radius 2 is 1.62 bits per heavy atom. The molecule has 2 atom stereocenters. The van der Waals surface area contributed by atoms with E-state index in [4.69, 9.17) is 9.47 Å². The van der Waals surface area contributed by atoms with Gasteiger partial charge in [0.05, 0.1) is 7.11 Å². The van der Waals surface area contributed by atoms with E-state index in [1.807, 2.05) is 52.8 Å². The number of alkyl carbamates (subject to hydrolysis) is 1. The predicted octanol–water partition coefficient (Wildman–Crippen LogP) is 5.83. The van der Waals surface area contributed by atoms with Crippen molar-refractivity contribution in [1.82, 2.24) is 10.2 Å². The number of hydrogen-bond donors (Lipinski definition) is 3. The van der Waals surface area contributed by atoms with Crippen LogP contribution in [-0.2, 0) is 14.3 Å². The number of methoxy groups -OCH3 is 1. The average molecular weight is 558 g/mol. The van der Waals surface area contributed by atoms with Crippen LogP contribution in [0.3, 0.4) is 0 Å². The molecular weight excluding hydrogens is 514 g/mol. The Morgan fingerprint density at radius 1 is 1.00 bits per heavy atom. The quantitative estimate of drug-likeness (QED) is 0.319. The zero-order valence-corrected chi connectivity index (χ0v) is 25.4. The van der Waals surface area contributed by atoms with Crippen molar-refractivity contribution in [2.75, 3.05) is 18.2 Å². The van der Waals surface area contributed by atoms with Gasteiger partial charge in [-0.25, -0.2) is 4.79 Å². The van der Waals surface area contributed by atoms with Gasteiger partial charge in [0.1, 0.15) is 23.4 Å². The lowest BCUT2D eigenvalue weighted by molar-refractivity contribution is -0.147. The number of carbonyl (C=O) groups is 3. The molecule has 0 radical (unpaired) electrons. The molecule has 0 heterocycles. The largest absolute Gasteiger partial charge is 0.497 e. The maximum absolute atomic E-state index is 14.2. The third-order valence-corrected chi connectivity index (χ3v) is 6.89. The first-order valence-corrected chi connectivity index (χ1v) is 13.7. The van der Waals surface area contributed by atoms with Crippen molar-refractivity contribution in [3.05, 3.63) is 59.2 Å². The molecule has 0 aliphatic heterocycles. The fraction of sp³-hybridized carbons (Fsp3) is 0.500. The molecule has 0 fully saturated rings. The first-order chi connectivity index (χ1) is 18.1. The van der Waals surface area contributed by atoms with Gasteiger partial charge in [0.2, 0.25) is 5.91 Å². The lowest BCUT2D eigenvalue weighted by atomic mass is 9.90. The van der Waals surface area contributed by atoms with Gasteiger partial charge >= 0.3 is 6.09 Å². The monoisotopic (exact) mass is 557 g/mol. The van der Waals surface area contributed by atoms with Crippen molar-refractivity contribution < 1.29 is 23.9 Å². The molecule has 2 N–H and O–H groups in total. The molecule has 8 nitrogen and oxygen atoms in total. The minimum Gasteiger partial charge on any atom is -0.497 e. The fourth-order valence-corrected chi connectivity index (χ4v) is 4.33. The number of aryl methyl sites for hydroxylation is 2. The topological polar surface area (TPSA) is 97.0 Å². The van der Waals surface area contributed by atoms with Crippen LogP contribution in [0.15, 0.2) is 42.5 Å². The van der Waals surface area contributed by atoms with Crippen molar-refractivity contribution in [3.8, 4) is 5.75 Å². The SMILES string of the molecule is CCC(C)(C)N(C(=O)C(CS)NC(=O)OC(C)(C)C)C(C(=O)Nc1ccc(OC)cc1)c1cc(C)ccc1C. The summed E-state index contributed by atoms with van der Waals surface area (Å²) < 4.78 is 10.6. The lowest BCUT2D eigenvalue weighted by Crippen LogP contribution is -2.59. The zero-order valence-electron chi connectivity index (χ0n) is 24.5. The number of rotatable bonds is 10. The molecule has 2 aromatic carbocycles. The van der Waals surface area contributed by atoms with Crippen molar-refractivity contribution in [3.63, 3.8) is 0 Å². The van der Waals surface area contributed by atoms with Crippen molar-refractivity contribution in [2.24, 2.45) is 0 Å². The highest BCUT2D eigenvalue weighted by atomic mass is 32.1. The second kappa shape index (κ2) is 13.2. The Morgan fingerprint density at radius 3 is 2.13 bits per heavy atom. The highest BCUT2D eigenvalue weighted by molar-refractivity contribution is 7.80. The van der Waals surface area contributed by atoms with E-state index in [1.165, 1.54) is 0 Å². The second-order valence-electron chi connectivity index (χ2n) is 11.2. The maximum Gasteiger partial charge on any atom is 0.408 e. The normalized spacial score (nSPS) is 13.2. The Bertz CT molecular complexity index is 1160. The summed E-state index contributed by atoms with van der Waals surface area (Å²) in [6.45, 7) is 14.9. The van der Waals surface area contributed by atoms with E-state index in [1.54, 1.807) is 57.0 Å². The minimum atomic E-state index is -1.02. The number of nitrogens with one attached hydrogen (secondary N) is 2. The number of hydrogen-bond acceptors (Lipinski definition) is 6. The summed E-state index contributed by atoms with van der Waals surface area (Å²) in [5, 5.41) is 5.64. The molecule has 0 spiro atoms. The summed E-state index contributed by atoms with van der Waals surface area (Å²) in [5.74, 6) is -0.126. The van der Waals surface area contributed by atoms with Gasteiger partial charge in [0.15, 0.2) is 0 Å². The van der Waals surface area contributed by atoms with Crippen LogP contribution >= 0.6 is 12.6 Å². The number of nitrogens with zero attached hydrogens (tertiary/aromatic N) is 1. The van der Waals surface area contributed by atoms with Gasteiger partial charge in [0, 0.05) is 17.0 Å². The Hall–Kier alpha value is -3.20. The number of carbonyl (C=O) groups excluding carboxylic acids is 3. The van der Waals surface area contributed by atoms with Crippen LogP contribution in [0.5, 0.6) is 5.75 Å². The Labute approximate surface area is 238 Å². The first-order valence-electron chi connectivity index (χ1n) is 13.1. The van der Waals surface area contributed by atoms with Gasteiger partial charge < -0.3 is 25.0 Å². The molecule has 0 bridgehead atoms. The summed E-state index contributed by atoms with van der Waals surface area (Å²) in [6, 6.07) is 10.8. The number of ether oxygens (including phenoxy) is 2. The van der Waals surface area contributed by atoms with Crippen LogP contribution in [0, 0.1) is 13.8 Å². The van der Waals surface area contributed by atoms with Crippen LogP contribution in [-0.4, -0.2) is 52.9 Å². The third kappa shape index (κ3) is 8.65. The van der Waals surface area contributed by atoms with Crippen molar-refractivity contribution in [1.29, 1.82) is 0 Å². The second-order valence-corrected chi connectivity index (χ2v) is 11.6. The Balaban J connectivity index is 2.62. The average Bonchev–Trinajstić information content (AvgIpc) is 2.86. The minimum absolute atomic E-state index is 0.0218. The molecule has 2 rings (SSSR count). The summed E-state index contributed by atoms with van der Waals surface area (Å²) in [4.78, 5) is 42.5. The molecule has 2 unspecified atom stereocenters. The summed E-state index contributed by atoms with van der Waals surface area (Å²) in [7, 11) is 1.57.